The lowest BCUT2D eigenvalue weighted by Gasteiger charge is -2.14. The second-order valence-corrected chi connectivity index (χ2v) is 3.59. The Kier molecular flexibility index (Phi) is 3.08. The average Bonchev–Trinajstić information content (AvgIpc) is 2.71. The van der Waals surface area contributed by atoms with E-state index in [1.807, 2.05) is 0 Å². The van der Waals surface area contributed by atoms with Gasteiger partial charge in [-0.15, -0.1) is 0 Å². The van der Waals surface area contributed by atoms with Crippen LogP contribution in [-0.4, -0.2) is 31.3 Å². The molecule has 0 N–H and O–H groups in total. The van der Waals surface area contributed by atoms with E-state index in [-0.39, 0.29) is 19.6 Å². The number of ether oxygens (including phenoxy) is 2. The molecule has 1 aliphatic carbocycles. The van der Waals surface area contributed by atoms with Gasteiger partial charge in [-0.3, -0.25) is 9.59 Å². The minimum atomic E-state index is -1.04. The van der Waals surface area contributed by atoms with Crippen LogP contribution in [0, 0.1) is 5.41 Å². The van der Waals surface area contributed by atoms with E-state index in [4.69, 9.17) is 9.47 Å². The summed E-state index contributed by atoms with van der Waals surface area (Å²) in [7, 11) is 0. The van der Waals surface area contributed by atoms with Crippen molar-refractivity contribution in [3.63, 3.8) is 0 Å². The molecule has 0 bridgehead atoms. The topological polar surface area (TPSA) is 52.6 Å². The minimum Gasteiger partial charge on any atom is -0.465 e. The first-order chi connectivity index (χ1) is 6.46. The highest BCUT2D eigenvalue weighted by Gasteiger charge is 2.57. The van der Waals surface area contributed by atoms with Crippen molar-refractivity contribution in [2.24, 2.45) is 5.41 Å². The van der Waals surface area contributed by atoms with E-state index in [1.165, 1.54) is 13.8 Å². The number of esters is 2. The van der Waals surface area contributed by atoms with Gasteiger partial charge in [0.25, 0.3) is 0 Å². The van der Waals surface area contributed by atoms with E-state index < -0.39 is 23.5 Å². The molecular weight excluding hydrogens is 191 g/mol. The lowest BCUT2D eigenvalue weighted by molar-refractivity contribution is -0.147. The molecule has 1 unspecified atom stereocenters. The Morgan fingerprint density at radius 2 is 1.64 bits per heavy atom. The van der Waals surface area contributed by atoms with Gasteiger partial charge in [-0.05, 0) is 6.42 Å². The first-order valence-electron chi connectivity index (χ1n) is 4.37. The van der Waals surface area contributed by atoms with E-state index in [9.17, 15) is 14.0 Å². The van der Waals surface area contributed by atoms with Gasteiger partial charge in [-0.2, -0.15) is 0 Å². The molecule has 1 aliphatic rings. The van der Waals surface area contributed by atoms with Crippen molar-refractivity contribution >= 4 is 11.9 Å². The molecule has 0 aromatic rings. The quantitative estimate of drug-likeness (QED) is 0.637. The summed E-state index contributed by atoms with van der Waals surface area (Å²) < 4.78 is 22.4. The molecule has 14 heavy (non-hydrogen) atoms. The molecule has 0 spiro atoms. The van der Waals surface area contributed by atoms with Crippen molar-refractivity contribution in [2.45, 2.75) is 26.4 Å². The summed E-state index contributed by atoms with van der Waals surface area (Å²) in [6.07, 6.45) is -0.755. The summed E-state index contributed by atoms with van der Waals surface area (Å²) in [6.45, 7) is 2.48. The summed E-state index contributed by atoms with van der Waals surface area (Å²) >= 11 is 0. The van der Waals surface area contributed by atoms with Crippen LogP contribution >= 0.6 is 0 Å². The van der Waals surface area contributed by atoms with Crippen molar-refractivity contribution in [1.82, 2.24) is 0 Å². The molecular formula is C9H13FO4. The van der Waals surface area contributed by atoms with Crippen molar-refractivity contribution < 1.29 is 23.5 Å². The Hall–Kier alpha value is -1.13. The Balaban J connectivity index is 2.35. The van der Waals surface area contributed by atoms with Gasteiger partial charge in [-0.25, -0.2) is 4.39 Å². The number of carbonyl (C=O) groups is 2. The molecule has 0 heterocycles. The van der Waals surface area contributed by atoms with Crippen LogP contribution in [0.1, 0.15) is 20.3 Å². The number of hydrogen-bond acceptors (Lipinski definition) is 4. The first-order valence-corrected chi connectivity index (χ1v) is 4.37. The van der Waals surface area contributed by atoms with Gasteiger partial charge in [-0.1, -0.05) is 0 Å². The van der Waals surface area contributed by atoms with E-state index in [0.29, 0.717) is 0 Å². The van der Waals surface area contributed by atoms with Crippen LogP contribution in [0.5, 0.6) is 0 Å². The van der Waals surface area contributed by atoms with E-state index in [0.717, 1.165) is 0 Å². The molecule has 0 radical (unpaired) electrons. The lowest BCUT2D eigenvalue weighted by atomic mass is 10.1. The normalized spacial score (nSPS) is 22.6. The Labute approximate surface area is 81.4 Å². The Morgan fingerprint density at radius 1 is 1.29 bits per heavy atom. The third kappa shape index (κ3) is 2.68. The van der Waals surface area contributed by atoms with Gasteiger partial charge >= 0.3 is 11.9 Å². The molecule has 80 valence electrons. The SMILES string of the molecule is CC(=O)OCC1(COC(C)=O)CC1F. The molecule has 0 amide bonds. The molecule has 1 saturated carbocycles. The Bertz CT molecular complexity index is 233. The van der Waals surface area contributed by atoms with Crippen LogP contribution in [0.2, 0.25) is 0 Å². The van der Waals surface area contributed by atoms with Gasteiger partial charge in [0.15, 0.2) is 0 Å². The van der Waals surface area contributed by atoms with Crippen LogP contribution in [0.25, 0.3) is 0 Å². The first kappa shape index (κ1) is 10.9. The molecule has 1 fully saturated rings. The molecule has 5 heteroatoms. The minimum absolute atomic E-state index is 0.0171. The van der Waals surface area contributed by atoms with Crippen LogP contribution in [0.3, 0.4) is 0 Å². The summed E-state index contributed by atoms with van der Waals surface area (Å²) in [5.41, 5.74) is -0.780. The predicted octanol–water partition coefficient (Wildman–Crippen LogP) is 0.841. The maximum atomic E-state index is 12.9. The van der Waals surface area contributed by atoms with Gasteiger partial charge in [0, 0.05) is 13.8 Å². The lowest BCUT2D eigenvalue weighted by Crippen LogP contribution is -2.23. The van der Waals surface area contributed by atoms with Gasteiger partial charge in [0.1, 0.15) is 19.4 Å². The highest BCUT2D eigenvalue weighted by molar-refractivity contribution is 5.66. The van der Waals surface area contributed by atoms with Gasteiger partial charge in [0.2, 0.25) is 0 Å². The fraction of sp³-hybridized carbons (Fsp3) is 0.778. The predicted molar refractivity (Wildman–Crippen MR) is 45.2 cm³/mol. The fourth-order valence-corrected chi connectivity index (χ4v) is 1.13. The zero-order chi connectivity index (χ0) is 10.8. The fourth-order valence-electron chi connectivity index (χ4n) is 1.13. The number of hydrogen-bond donors (Lipinski definition) is 0. The van der Waals surface area contributed by atoms with Crippen LogP contribution in [0.4, 0.5) is 4.39 Å². The maximum Gasteiger partial charge on any atom is 0.302 e. The molecule has 1 rings (SSSR count). The maximum absolute atomic E-state index is 12.9. The van der Waals surface area contributed by atoms with Gasteiger partial charge < -0.3 is 9.47 Å². The summed E-state index contributed by atoms with van der Waals surface area (Å²) in [5, 5.41) is 0. The Morgan fingerprint density at radius 3 is 1.86 bits per heavy atom. The third-order valence-corrected chi connectivity index (χ3v) is 2.22. The highest BCUT2D eigenvalue weighted by atomic mass is 19.1. The highest BCUT2D eigenvalue weighted by Crippen LogP contribution is 2.49. The van der Waals surface area contributed by atoms with E-state index in [1.54, 1.807) is 0 Å². The van der Waals surface area contributed by atoms with Crippen molar-refractivity contribution in [2.75, 3.05) is 13.2 Å². The monoisotopic (exact) mass is 204 g/mol. The van der Waals surface area contributed by atoms with Crippen LogP contribution < -0.4 is 0 Å². The molecule has 0 aliphatic heterocycles. The van der Waals surface area contributed by atoms with Crippen LogP contribution in [-0.2, 0) is 19.1 Å². The van der Waals surface area contributed by atoms with Crippen molar-refractivity contribution in [3.8, 4) is 0 Å². The third-order valence-electron chi connectivity index (χ3n) is 2.22. The zero-order valence-electron chi connectivity index (χ0n) is 8.21. The molecule has 1 atom stereocenters. The van der Waals surface area contributed by atoms with Gasteiger partial charge in [0.05, 0.1) is 5.41 Å². The molecule has 0 aromatic heterocycles. The standard InChI is InChI=1S/C9H13FO4/c1-6(11)13-4-9(3-8(9)10)5-14-7(2)12/h8H,3-5H2,1-2H3. The van der Waals surface area contributed by atoms with E-state index >= 15 is 0 Å². The number of rotatable bonds is 4. The number of alkyl halides is 1. The second-order valence-electron chi connectivity index (χ2n) is 3.59. The van der Waals surface area contributed by atoms with Crippen molar-refractivity contribution in [1.29, 1.82) is 0 Å². The number of halogens is 1. The van der Waals surface area contributed by atoms with Crippen molar-refractivity contribution in [3.05, 3.63) is 0 Å². The second kappa shape index (κ2) is 3.94. The van der Waals surface area contributed by atoms with Crippen LogP contribution in [0.15, 0.2) is 0 Å². The summed E-state index contributed by atoms with van der Waals surface area (Å²) in [6, 6.07) is 0. The average molecular weight is 204 g/mol. The summed E-state index contributed by atoms with van der Waals surface area (Å²) in [4.78, 5) is 21.0. The largest absolute Gasteiger partial charge is 0.465 e. The summed E-state index contributed by atoms with van der Waals surface area (Å²) in [5.74, 6) is -0.905. The molecule has 0 saturated heterocycles. The zero-order valence-corrected chi connectivity index (χ0v) is 8.21. The smallest absolute Gasteiger partial charge is 0.302 e. The van der Waals surface area contributed by atoms with E-state index in [2.05, 4.69) is 0 Å². The number of carbonyl (C=O) groups excluding carboxylic acids is 2. The molecule has 0 aromatic carbocycles. The molecule has 4 nitrogen and oxygen atoms in total.